The van der Waals surface area contributed by atoms with Crippen molar-refractivity contribution in [3.05, 3.63) is 35.1 Å². The van der Waals surface area contributed by atoms with Crippen molar-refractivity contribution in [2.75, 3.05) is 0 Å². The predicted octanol–water partition coefficient (Wildman–Crippen LogP) is 0.587. The number of benzene rings is 1. The normalized spacial score (nSPS) is 22.5. The van der Waals surface area contributed by atoms with Crippen molar-refractivity contribution in [3.8, 4) is 0 Å². The van der Waals surface area contributed by atoms with Gasteiger partial charge in [-0.1, -0.05) is 6.07 Å². The standard InChI is InChI=1S/C13H11FN2O3/c14-9-3-1-2-7-8(9)6-16(13(7)19)10-4-5-11(17)15-12(10)18/h1-3,10H,4-6H2,(H,15,17,18). The highest BCUT2D eigenvalue weighted by Crippen LogP contribution is 2.28. The van der Waals surface area contributed by atoms with Crippen molar-refractivity contribution in [1.29, 1.82) is 0 Å². The van der Waals surface area contributed by atoms with Gasteiger partial charge in [-0.2, -0.15) is 0 Å². The maximum atomic E-state index is 13.6. The molecule has 3 rings (SSSR count). The Morgan fingerprint density at radius 1 is 1.26 bits per heavy atom. The Hall–Kier alpha value is -2.24. The van der Waals surface area contributed by atoms with Crippen LogP contribution < -0.4 is 5.32 Å². The minimum Gasteiger partial charge on any atom is -0.322 e. The number of carbonyl (C=O) groups is 3. The molecule has 1 aromatic carbocycles. The Labute approximate surface area is 108 Å². The highest BCUT2D eigenvalue weighted by atomic mass is 19.1. The molecule has 98 valence electrons. The minimum atomic E-state index is -0.697. The Morgan fingerprint density at radius 3 is 2.74 bits per heavy atom. The number of imide groups is 1. The van der Waals surface area contributed by atoms with Crippen molar-refractivity contribution in [2.45, 2.75) is 25.4 Å². The molecule has 0 saturated carbocycles. The van der Waals surface area contributed by atoms with E-state index in [2.05, 4.69) is 5.32 Å². The van der Waals surface area contributed by atoms with E-state index in [-0.39, 0.29) is 31.2 Å². The number of halogens is 1. The van der Waals surface area contributed by atoms with E-state index in [1.165, 1.54) is 17.0 Å². The zero-order chi connectivity index (χ0) is 13.6. The van der Waals surface area contributed by atoms with Crippen LogP contribution in [0.5, 0.6) is 0 Å². The molecule has 0 aromatic heterocycles. The number of hydrogen-bond donors (Lipinski definition) is 1. The second kappa shape index (κ2) is 4.15. The monoisotopic (exact) mass is 262 g/mol. The molecule has 1 fully saturated rings. The fourth-order valence-corrected chi connectivity index (χ4v) is 2.55. The summed E-state index contributed by atoms with van der Waals surface area (Å²) >= 11 is 0. The number of fused-ring (bicyclic) bond motifs is 1. The molecule has 3 amide bonds. The lowest BCUT2D eigenvalue weighted by atomic mass is 10.0. The van der Waals surface area contributed by atoms with Gasteiger partial charge in [0.15, 0.2) is 0 Å². The van der Waals surface area contributed by atoms with Gasteiger partial charge in [0.1, 0.15) is 11.9 Å². The Balaban J connectivity index is 1.90. The molecule has 5 nitrogen and oxygen atoms in total. The fourth-order valence-electron chi connectivity index (χ4n) is 2.55. The molecule has 1 unspecified atom stereocenters. The van der Waals surface area contributed by atoms with Gasteiger partial charge in [-0.05, 0) is 18.6 Å². The summed E-state index contributed by atoms with van der Waals surface area (Å²) < 4.78 is 13.6. The molecule has 1 atom stereocenters. The molecule has 1 N–H and O–H groups in total. The van der Waals surface area contributed by atoms with Crippen LogP contribution >= 0.6 is 0 Å². The van der Waals surface area contributed by atoms with Crippen molar-refractivity contribution >= 4 is 17.7 Å². The Kier molecular flexibility index (Phi) is 2.58. The van der Waals surface area contributed by atoms with Gasteiger partial charge in [0.2, 0.25) is 11.8 Å². The lowest BCUT2D eigenvalue weighted by Gasteiger charge is -2.29. The smallest absolute Gasteiger partial charge is 0.255 e. The molecule has 2 aliphatic heterocycles. The third-order valence-corrected chi connectivity index (χ3v) is 3.52. The molecule has 6 heteroatoms. The molecule has 0 aliphatic carbocycles. The molecule has 1 saturated heterocycles. The van der Waals surface area contributed by atoms with E-state index in [0.717, 1.165) is 0 Å². The van der Waals surface area contributed by atoms with Crippen molar-refractivity contribution in [1.82, 2.24) is 10.2 Å². The summed E-state index contributed by atoms with van der Waals surface area (Å²) in [6.07, 6.45) is 0.477. The highest BCUT2D eigenvalue weighted by Gasteiger charge is 2.39. The van der Waals surface area contributed by atoms with Crippen molar-refractivity contribution in [3.63, 3.8) is 0 Å². The summed E-state index contributed by atoms with van der Waals surface area (Å²) in [5.74, 6) is -1.63. The third-order valence-electron chi connectivity index (χ3n) is 3.52. The van der Waals surface area contributed by atoms with Crippen molar-refractivity contribution < 1.29 is 18.8 Å². The minimum absolute atomic E-state index is 0.0765. The van der Waals surface area contributed by atoms with Gasteiger partial charge in [-0.25, -0.2) is 4.39 Å². The largest absolute Gasteiger partial charge is 0.322 e. The number of carbonyl (C=O) groups excluding carboxylic acids is 3. The molecule has 0 radical (unpaired) electrons. The summed E-state index contributed by atoms with van der Waals surface area (Å²) in [4.78, 5) is 36.3. The van der Waals surface area contributed by atoms with Crippen LogP contribution in [0.15, 0.2) is 18.2 Å². The van der Waals surface area contributed by atoms with Crippen LogP contribution in [0.2, 0.25) is 0 Å². The predicted molar refractivity (Wildman–Crippen MR) is 62.4 cm³/mol. The zero-order valence-electron chi connectivity index (χ0n) is 9.98. The SMILES string of the molecule is O=C1CCC(N2Cc3c(F)cccc3C2=O)C(=O)N1. The second-order valence-electron chi connectivity index (χ2n) is 4.67. The summed E-state index contributed by atoms with van der Waals surface area (Å²) in [5.41, 5.74) is 0.613. The number of piperidine rings is 1. The first-order valence-corrected chi connectivity index (χ1v) is 6.00. The van der Waals surface area contributed by atoms with Crippen LogP contribution in [0.1, 0.15) is 28.8 Å². The van der Waals surface area contributed by atoms with Crippen molar-refractivity contribution in [2.24, 2.45) is 0 Å². The zero-order valence-corrected chi connectivity index (χ0v) is 9.98. The van der Waals surface area contributed by atoms with Gasteiger partial charge in [-0.15, -0.1) is 0 Å². The van der Waals surface area contributed by atoms with Gasteiger partial charge in [-0.3, -0.25) is 19.7 Å². The number of hydrogen-bond acceptors (Lipinski definition) is 3. The van der Waals surface area contributed by atoms with E-state index >= 15 is 0 Å². The summed E-state index contributed by atoms with van der Waals surface area (Å²) in [6, 6.07) is 3.62. The van der Waals surface area contributed by atoms with E-state index in [1.807, 2.05) is 0 Å². The van der Waals surface area contributed by atoms with E-state index in [4.69, 9.17) is 0 Å². The summed E-state index contributed by atoms with van der Waals surface area (Å²) in [5, 5.41) is 2.20. The van der Waals surface area contributed by atoms with Gasteiger partial charge in [0.05, 0.1) is 6.54 Å². The van der Waals surface area contributed by atoms with Gasteiger partial charge in [0.25, 0.3) is 5.91 Å². The highest BCUT2D eigenvalue weighted by molar-refractivity contribution is 6.05. The topological polar surface area (TPSA) is 66.5 Å². The first-order valence-electron chi connectivity index (χ1n) is 6.00. The quantitative estimate of drug-likeness (QED) is 0.753. The lowest BCUT2D eigenvalue weighted by molar-refractivity contribution is -0.136. The number of nitrogens with zero attached hydrogens (tertiary/aromatic N) is 1. The average molecular weight is 262 g/mol. The van der Waals surface area contributed by atoms with E-state index in [0.29, 0.717) is 11.1 Å². The van der Waals surface area contributed by atoms with E-state index in [1.54, 1.807) is 6.07 Å². The molecule has 1 aromatic rings. The van der Waals surface area contributed by atoms with Gasteiger partial charge >= 0.3 is 0 Å². The molecule has 0 bridgehead atoms. The lowest BCUT2D eigenvalue weighted by Crippen LogP contribution is -2.52. The molecular formula is C13H11FN2O3. The van der Waals surface area contributed by atoms with Crippen LogP contribution in [0.4, 0.5) is 4.39 Å². The Morgan fingerprint density at radius 2 is 2.05 bits per heavy atom. The molecular weight excluding hydrogens is 251 g/mol. The van der Waals surface area contributed by atoms with E-state index in [9.17, 15) is 18.8 Å². The first kappa shape index (κ1) is 11.8. The third kappa shape index (κ3) is 1.80. The van der Waals surface area contributed by atoms with Crippen LogP contribution in [0.25, 0.3) is 0 Å². The first-order chi connectivity index (χ1) is 9.08. The number of amides is 3. The van der Waals surface area contributed by atoms with Crippen LogP contribution in [0.3, 0.4) is 0 Å². The second-order valence-corrected chi connectivity index (χ2v) is 4.67. The fraction of sp³-hybridized carbons (Fsp3) is 0.308. The summed E-state index contributed by atoms with van der Waals surface area (Å²) in [6.45, 7) is 0.0765. The Bertz CT molecular complexity index is 600. The number of rotatable bonds is 1. The van der Waals surface area contributed by atoms with Crippen LogP contribution in [-0.4, -0.2) is 28.7 Å². The summed E-state index contributed by atoms with van der Waals surface area (Å²) in [7, 11) is 0. The average Bonchev–Trinajstić information content (AvgIpc) is 2.69. The van der Waals surface area contributed by atoms with Gasteiger partial charge in [0, 0.05) is 17.5 Å². The van der Waals surface area contributed by atoms with Gasteiger partial charge < -0.3 is 4.90 Å². The maximum Gasteiger partial charge on any atom is 0.255 e. The van der Waals surface area contributed by atoms with Crippen LogP contribution in [0, 0.1) is 5.82 Å². The molecule has 2 aliphatic rings. The maximum absolute atomic E-state index is 13.6. The van der Waals surface area contributed by atoms with Crippen LogP contribution in [-0.2, 0) is 16.1 Å². The van der Waals surface area contributed by atoms with E-state index < -0.39 is 17.8 Å². The number of nitrogens with one attached hydrogen (secondary N) is 1. The molecule has 19 heavy (non-hydrogen) atoms. The molecule has 0 spiro atoms. The molecule has 2 heterocycles.